The van der Waals surface area contributed by atoms with Gasteiger partial charge >= 0.3 is 0 Å². The minimum Gasteiger partial charge on any atom is -0.490 e. The number of amidine groups is 1. The number of ether oxygens (including phenoxy) is 2. The topological polar surface area (TPSA) is 80.2 Å². The Balaban J connectivity index is 1.71. The Kier molecular flexibility index (Phi) is 7.22. The smallest absolute Gasteiger partial charge is 0.241 e. The number of hydrogen-bond donors (Lipinski definition) is 1. The molecular weight excluding hydrogens is 414 g/mol. The largest absolute Gasteiger partial charge is 0.490 e. The van der Waals surface area contributed by atoms with Crippen molar-refractivity contribution < 1.29 is 19.1 Å². The highest BCUT2D eigenvalue weighted by Gasteiger charge is 2.34. The van der Waals surface area contributed by atoms with E-state index in [1.165, 1.54) is 36.2 Å². The van der Waals surface area contributed by atoms with E-state index in [4.69, 9.17) is 9.47 Å². The summed E-state index contributed by atoms with van der Waals surface area (Å²) in [6, 6.07) is 11.9. The summed E-state index contributed by atoms with van der Waals surface area (Å²) in [6.45, 7) is 9.63. The Morgan fingerprint density at radius 3 is 2.23 bits per heavy atom. The average molecular weight is 442 g/mol. The quantitative estimate of drug-likeness (QED) is 0.684. The van der Waals surface area contributed by atoms with Gasteiger partial charge in [0.15, 0.2) is 5.17 Å². The van der Waals surface area contributed by atoms with Crippen molar-refractivity contribution in [3.05, 3.63) is 58.7 Å². The molecule has 0 aromatic heterocycles. The van der Waals surface area contributed by atoms with Crippen molar-refractivity contribution in [2.45, 2.75) is 40.0 Å². The van der Waals surface area contributed by atoms with E-state index in [0.29, 0.717) is 24.1 Å². The maximum Gasteiger partial charge on any atom is 0.241 e. The molecule has 31 heavy (non-hydrogen) atoms. The second-order valence-corrected chi connectivity index (χ2v) is 8.50. The molecule has 2 aromatic carbocycles. The molecule has 2 aromatic rings. The van der Waals surface area contributed by atoms with Crippen LogP contribution in [0.15, 0.2) is 41.5 Å². The molecular formula is C23H27N3O4S. The molecule has 7 nitrogen and oxygen atoms in total. The first kappa shape index (κ1) is 22.7. The lowest BCUT2D eigenvalue weighted by molar-refractivity contribution is -0.129. The van der Waals surface area contributed by atoms with Gasteiger partial charge in [0, 0.05) is 19.4 Å². The van der Waals surface area contributed by atoms with E-state index < -0.39 is 5.37 Å². The van der Waals surface area contributed by atoms with Crippen LogP contribution in [0.5, 0.6) is 11.5 Å². The number of aryl methyl sites for hydroxylation is 3. The van der Waals surface area contributed by atoms with Gasteiger partial charge in [-0.15, -0.1) is 5.10 Å². The maximum absolute atomic E-state index is 12.2. The molecule has 0 radical (unpaired) electrons. The molecule has 0 aliphatic carbocycles. The van der Waals surface area contributed by atoms with Crippen molar-refractivity contribution in [2.24, 2.45) is 5.10 Å². The van der Waals surface area contributed by atoms with E-state index in [0.717, 1.165) is 22.4 Å². The number of hydrogen-bond acceptors (Lipinski definition) is 6. The van der Waals surface area contributed by atoms with Gasteiger partial charge in [-0.2, -0.15) is 0 Å². The molecule has 0 saturated carbocycles. The summed E-state index contributed by atoms with van der Waals surface area (Å²) in [5, 5.41) is 8.25. The number of hydrazone groups is 1. The molecule has 1 atom stereocenters. The summed E-state index contributed by atoms with van der Waals surface area (Å²) in [7, 11) is 0. The Bertz CT molecular complexity index is 1020. The van der Waals surface area contributed by atoms with Gasteiger partial charge in [-0.3, -0.25) is 9.59 Å². The zero-order valence-corrected chi connectivity index (χ0v) is 19.2. The van der Waals surface area contributed by atoms with Crippen molar-refractivity contribution in [1.82, 2.24) is 10.3 Å². The highest BCUT2D eigenvalue weighted by atomic mass is 32.2. The molecule has 0 spiro atoms. The molecule has 1 aliphatic rings. The number of amides is 2. The van der Waals surface area contributed by atoms with Gasteiger partial charge in [0.25, 0.3) is 0 Å². The summed E-state index contributed by atoms with van der Waals surface area (Å²) < 4.78 is 11.9. The summed E-state index contributed by atoms with van der Waals surface area (Å²) in [5.74, 6) is 1.03. The van der Waals surface area contributed by atoms with Crippen molar-refractivity contribution >= 4 is 28.7 Å². The van der Waals surface area contributed by atoms with Gasteiger partial charge in [-0.05, 0) is 44.5 Å². The molecule has 1 heterocycles. The minimum atomic E-state index is -0.422. The summed E-state index contributed by atoms with van der Waals surface area (Å²) in [5.41, 5.74) is 4.12. The van der Waals surface area contributed by atoms with Crippen LogP contribution in [0, 0.1) is 20.8 Å². The average Bonchev–Trinajstić information content (AvgIpc) is 3.10. The number of nitrogens with one attached hydrogen (secondary N) is 1. The van der Waals surface area contributed by atoms with Crippen LogP contribution in [0.2, 0.25) is 0 Å². The first-order chi connectivity index (χ1) is 14.7. The molecule has 3 rings (SSSR count). The second-order valence-electron chi connectivity index (χ2n) is 7.43. The SMILES string of the molecule is CC(=O)NC1=NN(C(C)=O)[C@@H](c2cc(C)ccc2OCCOc2ccc(C)cc2C)S1. The Labute approximate surface area is 186 Å². The lowest BCUT2D eigenvalue weighted by Crippen LogP contribution is -2.25. The van der Waals surface area contributed by atoms with Crippen molar-refractivity contribution in [1.29, 1.82) is 0 Å². The Morgan fingerprint density at radius 2 is 1.61 bits per heavy atom. The lowest BCUT2D eigenvalue weighted by Gasteiger charge is -2.22. The van der Waals surface area contributed by atoms with Crippen LogP contribution in [0.25, 0.3) is 0 Å². The van der Waals surface area contributed by atoms with Crippen molar-refractivity contribution in [3.63, 3.8) is 0 Å². The molecule has 164 valence electrons. The third-order valence-electron chi connectivity index (χ3n) is 4.61. The van der Waals surface area contributed by atoms with E-state index in [-0.39, 0.29) is 11.8 Å². The van der Waals surface area contributed by atoms with Crippen molar-refractivity contribution in [3.8, 4) is 11.5 Å². The monoisotopic (exact) mass is 441 g/mol. The predicted molar refractivity (Wildman–Crippen MR) is 122 cm³/mol. The summed E-state index contributed by atoms with van der Waals surface area (Å²) in [6.07, 6.45) is 0. The molecule has 0 bridgehead atoms. The first-order valence-electron chi connectivity index (χ1n) is 10.0. The van der Waals surface area contributed by atoms with E-state index in [1.54, 1.807) is 0 Å². The number of benzene rings is 2. The van der Waals surface area contributed by atoms with Crippen LogP contribution in [-0.2, 0) is 9.59 Å². The van der Waals surface area contributed by atoms with Gasteiger partial charge in [0.05, 0.1) is 0 Å². The van der Waals surface area contributed by atoms with E-state index in [2.05, 4.69) is 16.5 Å². The van der Waals surface area contributed by atoms with Crippen LogP contribution < -0.4 is 14.8 Å². The zero-order chi connectivity index (χ0) is 22.5. The van der Waals surface area contributed by atoms with Gasteiger partial charge in [-0.25, -0.2) is 5.01 Å². The third kappa shape index (κ3) is 5.79. The fraction of sp³-hybridized carbons (Fsp3) is 0.348. The predicted octanol–water partition coefficient (Wildman–Crippen LogP) is 4.07. The molecule has 0 unspecified atom stereocenters. The molecule has 8 heteroatoms. The fourth-order valence-corrected chi connectivity index (χ4v) is 4.38. The number of rotatable bonds is 6. The lowest BCUT2D eigenvalue weighted by atomic mass is 10.1. The number of thioether (sulfide) groups is 1. The summed E-state index contributed by atoms with van der Waals surface area (Å²) in [4.78, 5) is 23.6. The number of nitrogens with zero attached hydrogens (tertiary/aromatic N) is 2. The second kappa shape index (κ2) is 9.87. The van der Waals surface area contributed by atoms with Gasteiger partial charge < -0.3 is 14.8 Å². The van der Waals surface area contributed by atoms with E-state index >= 15 is 0 Å². The zero-order valence-electron chi connectivity index (χ0n) is 18.4. The number of carbonyl (C=O) groups excluding carboxylic acids is 2. The highest BCUT2D eigenvalue weighted by molar-refractivity contribution is 8.14. The van der Waals surface area contributed by atoms with Crippen LogP contribution in [0.3, 0.4) is 0 Å². The van der Waals surface area contributed by atoms with Crippen LogP contribution >= 0.6 is 11.8 Å². The molecule has 1 aliphatic heterocycles. The van der Waals surface area contributed by atoms with Crippen LogP contribution in [0.4, 0.5) is 0 Å². The molecule has 2 amide bonds. The van der Waals surface area contributed by atoms with E-state index in [1.807, 2.05) is 51.1 Å². The fourth-order valence-electron chi connectivity index (χ4n) is 3.22. The summed E-state index contributed by atoms with van der Waals surface area (Å²) >= 11 is 1.30. The van der Waals surface area contributed by atoms with Gasteiger partial charge in [-0.1, -0.05) is 41.1 Å². The molecule has 1 N–H and O–H groups in total. The minimum absolute atomic E-state index is 0.219. The molecule has 0 fully saturated rings. The first-order valence-corrected chi connectivity index (χ1v) is 10.9. The normalized spacial score (nSPS) is 15.5. The van der Waals surface area contributed by atoms with Crippen LogP contribution in [0.1, 0.15) is 41.5 Å². The Hall–Kier alpha value is -3.00. The molecule has 0 saturated heterocycles. The maximum atomic E-state index is 12.2. The third-order valence-corrected chi connectivity index (χ3v) is 5.69. The standard InChI is InChI=1S/C23H27N3O4S/c1-14-6-8-20(16(3)12-14)29-10-11-30-21-9-7-15(2)13-19(21)22-26(18(5)28)25-23(31-22)24-17(4)27/h6-9,12-13,22H,10-11H2,1-5H3,(H,24,25,27)/t22-/m1/s1. The van der Waals surface area contributed by atoms with Crippen molar-refractivity contribution in [2.75, 3.05) is 13.2 Å². The van der Waals surface area contributed by atoms with Crippen LogP contribution in [-0.4, -0.2) is 35.2 Å². The Morgan fingerprint density at radius 1 is 1.00 bits per heavy atom. The van der Waals surface area contributed by atoms with Gasteiger partial charge in [0.1, 0.15) is 30.1 Å². The number of carbonyl (C=O) groups is 2. The van der Waals surface area contributed by atoms with Gasteiger partial charge in [0.2, 0.25) is 11.8 Å². The highest BCUT2D eigenvalue weighted by Crippen LogP contribution is 2.42. The van der Waals surface area contributed by atoms with E-state index in [9.17, 15) is 9.59 Å².